The fourth-order valence-electron chi connectivity index (χ4n) is 2.28. The highest BCUT2D eigenvalue weighted by atomic mass is 16.5. The van der Waals surface area contributed by atoms with Crippen LogP contribution in [-0.4, -0.2) is 40.8 Å². The average Bonchev–Trinajstić information content (AvgIpc) is 3.10. The third-order valence-electron chi connectivity index (χ3n) is 3.56. The topological polar surface area (TPSA) is 97.5 Å². The molecule has 25 heavy (non-hydrogen) atoms. The molecule has 3 aromatic rings. The molecule has 0 aliphatic heterocycles. The van der Waals surface area contributed by atoms with Crippen LogP contribution in [0.4, 0.5) is 0 Å². The number of nitrogens with zero attached hydrogens (tertiary/aromatic N) is 3. The molecule has 8 nitrogen and oxygen atoms in total. The molecule has 0 aliphatic rings. The number of hydrogen-bond acceptors (Lipinski definition) is 6. The van der Waals surface area contributed by atoms with Gasteiger partial charge in [-0.25, -0.2) is 10.4 Å². The number of hydrazone groups is 1. The molecule has 3 rings (SSSR count). The maximum absolute atomic E-state index is 12.2. The van der Waals surface area contributed by atoms with Gasteiger partial charge in [-0.1, -0.05) is 0 Å². The number of carbonyl (C=O) groups excluding carboxylic acids is 1. The van der Waals surface area contributed by atoms with Crippen LogP contribution in [0, 0.1) is 0 Å². The van der Waals surface area contributed by atoms with Gasteiger partial charge in [-0.05, 0) is 12.1 Å². The Morgan fingerprint density at radius 3 is 2.92 bits per heavy atom. The number of hydrogen-bond donors (Lipinski definition) is 2. The molecule has 0 fully saturated rings. The number of methoxy groups -OCH3 is 2. The number of pyridine rings is 1. The van der Waals surface area contributed by atoms with E-state index in [1.54, 1.807) is 41.2 Å². The summed E-state index contributed by atoms with van der Waals surface area (Å²) < 4.78 is 12.0. The third-order valence-corrected chi connectivity index (χ3v) is 3.56. The number of phenols is 1. The second-order valence-electron chi connectivity index (χ2n) is 5.07. The van der Waals surface area contributed by atoms with E-state index in [1.807, 2.05) is 0 Å². The van der Waals surface area contributed by atoms with Crippen molar-refractivity contribution in [3.8, 4) is 17.2 Å². The Bertz CT molecular complexity index is 949. The Morgan fingerprint density at radius 2 is 2.16 bits per heavy atom. The van der Waals surface area contributed by atoms with E-state index in [-0.39, 0.29) is 11.7 Å². The molecule has 0 saturated heterocycles. The van der Waals surface area contributed by atoms with Crippen molar-refractivity contribution in [2.45, 2.75) is 0 Å². The number of carbonyl (C=O) groups is 1. The van der Waals surface area contributed by atoms with Gasteiger partial charge in [0.05, 0.1) is 31.6 Å². The lowest BCUT2D eigenvalue weighted by Gasteiger charge is -2.09. The normalized spacial score (nSPS) is 11.0. The van der Waals surface area contributed by atoms with E-state index in [2.05, 4.69) is 15.5 Å². The molecule has 2 heterocycles. The van der Waals surface area contributed by atoms with E-state index in [0.29, 0.717) is 22.6 Å². The van der Waals surface area contributed by atoms with Crippen molar-refractivity contribution >= 4 is 17.8 Å². The standard InChI is InChI=1S/C17H16N4O4/c1-24-12-7-14(22)13(15(8-12)25-2)9-19-20-17(23)11-3-4-16-18-5-6-21(16)10-11/h3-10,22H,1-2H3,(H,20,23)/b19-9+. The van der Waals surface area contributed by atoms with Crippen molar-refractivity contribution in [3.63, 3.8) is 0 Å². The molecule has 128 valence electrons. The minimum absolute atomic E-state index is 0.0750. The molecule has 0 saturated carbocycles. The van der Waals surface area contributed by atoms with E-state index in [1.165, 1.54) is 26.5 Å². The van der Waals surface area contributed by atoms with Crippen molar-refractivity contribution in [2.24, 2.45) is 5.10 Å². The van der Waals surface area contributed by atoms with Gasteiger partial charge >= 0.3 is 0 Å². The van der Waals surface area contributed by atoms with E-state index in [0.717, 1.165) is 5.65 Å². The second kappa shape index (κ2) is 6.91. The van der Waals surface area contributed by atoms with Crippen LogP contribution >= 0.6 is 0 Å². The first-order chi connectivity index (χ1) is 12.1. The molecule has 0 bridgehead atoms. The van der Waals surface area contributed by atoms with Gasteiger partial charge in [-0.3, -0.25) is 4.79 Å². The smallest absolute Gasteiger partial charge is 0.272 e. The highest BCUT2D eigenvalue weighted by molar-refractivity contribution is 5.95. The number of rotatable bonds is 5. The minimum atomic E-state index is -0.390. The Balaban J connectivity index is 1.77. The fraction of sp³-hybridized carbons (Fsp3) is 0.118. The zero-order chi connectivity index (χ0) is 17.8. The Hall–Kier alpha value is -3.55. The average molecular weight is 340 g/mol. The van der Waals surface area contributed by atoms with E-state index < -0.39 is 0 Å². The highest BCUT2D eigenvalue weighted by Gasteiger charge is 2.10. The van der Waals surface area contributed by atoms with Crippen molar-refractivity contribution in [1.82, 2.24) is 14.8 Å². The van der Waals surface area contributed by atoms with Gasteiger partial charge in [0.25, 0.3) is 5.91 Å². The molecule has 0 radical (unpaired) electrons. The van der Waals surface area contributed by atoms with Gasteiger partial charge in [-0.2, -0.15) is 5.10 Å². The third kappa shape index (κ3) is 3.37. The van der Waals surface area contributed by atoms with Gasteiger partial charge in [-0.15, -0.1) is 0 Å². The number of fused-ring (bicyclic) bond motifs is 1. The first-order valence-electron chi connectivity index (χ1n) is 7.33. The summed E-state index contributed by atoms with van der Waals surface area (Å²) in [7, 11) is 2.95. The van der Waals surface area contributed by atoms with E-state index in [4.69, 9.17) is 9.47 Å². The van der Waals surface area contributed by atoms with Crippen LogP contribution in [0.1, 0.15) is 15.9 Å². The van der Waals surface area contributed by atoms with Crippen LogP contribution in [0.25, 0.3) is 5.65 Å². The Morgan fingerprint density at radius 1 is 1.32 bits per heavy atom. The molecule has 1 amide bonds. The second-order valence-corrected chi connectivity index (χ2v) is 5.07. The zero-order valence-corrected chi connectivity index (χ0v) is 13.6. The largest absolute Gasteiger partial charge is 0.507 e. The summed E-state index contributed by atoms with van der Waals surface area (Å²) in [4.78, 5) is 16.3. The van der Waals surface area contributed by atoms with Crippen molar-refractivity contribution in [2.75, 3.05) is 14.2 Å². The van der Waals surface area contributed by atoms with Crippen LogP contribution in [0.2, 0.25) is 0 Å². The van der Waals surface area contributed by atoms with Crippen LogP contribution in [-0.2, 0) is 0 Å². The quantitative estimate of drug-likeness (QED) is 0.545. The summed E-state index contributed by atoms with van der Waals surface area (Å²) in [6.45, 7) is 0. The molecule has 0 aliphatic carbocycles. The van der Waals surface area contributed by atoms with Crippen LogP contribution in [0.5, 0.6) is 17.2 Å². The molecule has 8 heteroatoms. The molecule has 0 atom stereocenters. The number of nitrogens with one attached hydrogen (secondary N) is 1. The first kappa shape index (κ1) is 16.3. The van der Waals surface area contributed by atoms with Gasteiger partial charge in [0, 0.05) is 30.7 Å². The number of benzene rings is 1. The van der Waals surface area contributed by atoms with E-state index >= 15 is 0 Å². The Labute approximate surface area is 143 Å². The molecule has 1 aromatic carbocycles. The fourth-order valence-corrected chi connectivity index (χ4v) is 2.28. The molecular weight excluding hydrogens is 324 g/mol. The lowest BCUT2D eigenvalue weighted by Crippen LogP contribution is -2.18. The van der Waals surface area contributed by atoms with Crippen molar-refractivity contribution in [1.29, 1.82) is 0 Å². The lowest BCUT2D eigenvalue weighted by molar-refractivity contribution is 0.0954. The monoisotopic (exact) mass is 340 g/mol. The number of aromatic hydroxyl groups is 1. The molecule has 0 spiro atoms. The predicted molar refractivity (Wildman–Crippen MR) is 91.5 cm³/mol. The number of phenolic OH excluding ortho intramolecular Hbond substituents is 1. The van der Waals surface area contributed by atoms with Crippen molar-refractivity contribution < 1.29 is 19.4 Å². The van der Waals surface area contributed by atoms with Crippen molar-refractivity contribution in [3.05, 3.63) is 54.0 Å². The summed E-state index contributed by atoms with van der Waals surface area (Å²) >= 11 is 0. The van der Waals surface area contributed by atoms with Crippen LogP contribution in [0.3, 0.4) is 0 Å². The highest BCUT2D eigenvalue weighted by Crippen LogP contribution is 2.31. The zero-order valence-electron chi connectivity index (χ0n) is 13.6. The lowest BCUT2D eigenvalue weighted by atomic mass is 10.2. The number of amides is 1. The van der Waals surface area contributed by atoms with E-state index in [9.17, 15) is 9.90 Å². The Kier molecular flexibility index (Phi) is 4.51. The molecule has 2 N–H and O–H groups in total. The predicted octanol–water partition coefficient (Wildman–Crippen LogP) is 1.82. The molecule has 0 unspecified atom stereocenters. The van der Waals surface area contributed by atoms with Crippen LogP contribution in [0.15, 0.2) is 48.0 Å². The summed E-state index contributed by atoms with van der Waals surface area (Å²) in [5.74, 6) is 0.353. The molecule has 2 aromatic heterocycles. The number of aromatic nitrogens is 2. The maximum Gasteiger partial charge on any atom is 0.272 e. The summed E-state index contributed by atoms with van der Waals surface area (Å²) in [6.07, 6.45) is 6.35. The van der Waals surface area contributed by atoms with Gasteiger partial charge < -0.3 is 19.0 Å². The first-order valence-corrected chi connectivity index (χ1v) is 7.33. The van der Waals surface area contributed by atoms with Gasteiger partial charge in [0.15, 0.2) is 0 Å². The van der Waals surface area contributed by atoms with Crippen LogP contribution < -0.4 is 14.9 Å². The number of ether oxygens (including phenoxy) is 2. The summed E-state index contributed by atoms with van der Waals surface area (Å²) in [5.41, 5.74) is 3.91. The molecular formula is C17H16N4O4. The minimum Gasteiger partial charge on any atom is -0.507 e. The number of imidazole rings is 1. The SMILES string of the molecule is COc1cc(O)c(/C=N/NC(=O)c2ccc3nccn3c2)c(OC)c1. The summed E-state index contributed by atoms with van der Waals surface area (Å²) in [5, 5.41) is 13.9. The summed E-state index contributed by atoms with van der Waals surface area (Å²) in [6, 6.07) is 6.42. The van der Waals surface area contributed by atoms with Gasteiger partial charge in [0.2, 0.25) is 0 Å². The maximum atomic E-state index is 12.2. The van der Waals surface area contributed by atoms with Gasteiger partial charge in [0.1, 0.15) is 22.9 Å².